The summed E-state index contributed by atoms with van der Waals surface area (Å²) in [5.41, 5.74) is 0.940. The zero-order valence-corrected chi connectivity index (χ0v) is 10.3. The number of halogens is 1. The van der Waals surface area contributed by atoms with Gasteiger partial charge in [0.1, 0.15) is 0 Å². The van der Waals surface area contributed by atoms with Gasteiger partial charge in [-0.15, -0.1) is 0 Å². The number of non-ortho nitro benzene ring substituents is 1. The van der Waals surface area contributed by atoms with Gasteiger partial charge in [0.25, 0.3) is 11.6 Å². The minimum atomic E-state index is -0.506. The van der Waals surface area contributed by atoms with Gasteiger partial charge in [0.2, 0.25) is 0 Å². The Hall–Kier alpha value is -1.43. The van der Waals surface area contributed by atoms with E-state index in [4.69, 9.17) is 0 Å². The smallest absolute Gasteiger partial charge is 0.270 e. The number of hydrogen-bond donors (Lipinski definition) is 1. The van der Waals surface area contributed by atoms with Crippen LogP contribution in [0.15, 0.2) is 18.2 Å². The van der Waals surface area contributed by atoms with Crippen molar-refractivity contribution in [1.29, 1.82) is 0 Å². The number of nitrogens with one attached hydrogen (secondary N) is 1. The predicted molar refractivity (Wildman–Crippen MR) is 64.0 cm³/mol. The number of nitro groups is 1. The molecule has 0 spiro atoms. The highest BCUT2D eigenvalue weighted by Gasteiger charge is 2.12. The number of nitro benzene ring substituents is 1. The van der Waals surface area contributed by atoms with Crippen molar-refractivity contribution >= 4 is 27.5 Å². The molecule has 0 aliphatic carbocycles. The van der Waals surface area contributed by atoms with Crippen molar-refractivity contribution in [1.82, 2.24) is 5.32 Å². The van der Waals surface area contributed by atoms with Crippen LogP contribution in [0.5, 0.6) is 0 Å². The molecule has 0 aliphatic heterocycles. The summed E-state index contributed by atoms with van der Waals surface area (Å²) in [6.07, 6.45) is 0. The third-order valence-corrected chi connectivity index (χ3v) is 2.31. The van der Waals surface area contributed by atoms with Crippen molar-refractivity contribution in [3.8, 4) is 0 Å². The molecule has 0 saturated heterocycles. The normalized spacial score (nSPS) is 9.88. The van der Waals surface area contributed by atoms with Crippen LogP contribution in [0.2, 0.25) is 0 Å². The summed E-state index contributed by atoms with van der Waals surface area (Å²) in [7, 11) is 0. The van der Waals surface area contributed by atoms with Crippen molar-refractivity contribution in [3.63, 3.8) is 0 Å². The first-order valence-corrected chi connectivity index (χ1v) is 5.77. The second kappa shape index (κ2) is 5.60. The first kappa shape index (κ1) is 12.6. The van der Waals surface area contributed by atoms with E-state index in [1.807, 2.05) is 0 Å². The summed E-state index contributed by atoms with van der Waals surface area (Å²) in [5, 5.41) is 13.9. The average molecular weight is 287 g/mol. The SMILES string of the molecule is Cc1cc(C(=O)NCCBr)cc([N+](=O)[O-])c1. The van der Waals surface area contributed by atoms with Crippen molar-refractivity contribution in [2.75, 3.05) is 11.9 Å². The highest BCUT2D eigenvalue weighted by Crippen LogP contribution is 2.16. The van der Waals surface area contributed by atoms with Gasteiger partial charge >= 0.3 is 0 Å². The van der Waals surface area contributed by atoms with E-state index in [-0.39, 0.29) is 11.6 Å². The van der Waals surface area contributed by atoms with Crippen LogP contribution in [-0.4, -0.2) is 22.7 Å². The fourth-order valence-electron chi connectivity index (χ4n) is 1.26. The van der Waals surface area contributed by atoms with Gasteiger partial charge < -0.3 is 5.32 Å². The molecule has 86 valence electrons. The molecule has 6 heteroatoms. The minimum Gasteiger partial charge on any atom is -0.351 e. The fourth-order valence-corrected chi connectivity index (χ4v) is 1.46. The summed E-state index contributed by atoms with van der Waals surface area (Å²) < 4.78 is 0. The quantitative estimate of drug-likeness (QED) is 0.523. The second-order valence-corrected chi connectivity index (χ2v) is 4.05. The molecule has 0 saturated carbocycles. The van der Waals surface area contributed by atoms with Crippen LogP contribution in [0, 0.1) is 17.0 Å². The average Bonchev–Trinajstić information content (AvgIpc) is 2.24. The molecule has 0 aromatic heterocycles. The van der Waals surface area contributed by atoms with Gasteiger partial charge in [-0.1, -0.05) is 15.9 Å². The lowest BCUT2D eigenvalue weighted by Crippen LogP contribution is -2.25. The van der Waals surface area contributed by atoms with Crippen molar-refractivity contribution in [3.05, 3.63) is 39.4 Å². The Morgan fingerprint density at radius 2 is 2.19 bits per heavy atom. The van der Waals surface area contributed by atoms with Crippen LogP contribution in [0.1, 0.15) is 15.9 Å². The van der Waals surface area contributed by atoms with Crippen LogP contribution in [0.3, 0.4) is 0 Å². The maximum Gasteiger partial charge on any atom is 0.270 e. The Bertz CT molecular complexity index is 421. The van der Waals surface area contributed by atoms with Gasteiger partial charge in [-0.05, 0) is 18.6 Å². The third kappa shape index (κ3) is 3.30. The van der Waals surface area contributed by atoms with Gasteiger partial charge in [0, 0.05) is 29.6 Å². The van der Waals surface area contributed by atoms with E-state index in [1.165, 1.54) is 12.1 Å². The van der Waals surface area contributed by atoms with Gasteiger partial charge in [0.05, 0.1) is 4.92 Å². The summed E-state index contributed by atoms with van der Waals surface area (Å²) in [5.74, 6) is -0.300. The van der Waals surface area contributed by atoms with Gasteiger partial charge in [-0.25, -0.2) is 0 Å². The molecular weight excluding hydrogens is 276 g/mol. The fraction of sp³-hybridized carbons (Fsp3) is 0.300. The molecule has 0 atom stereocenters. The van der Waals surface area contributed by atoms with E-state index in [1.54, 1.807) is 13.0 Å². The Morgan fingerprint density at radius 1 is 1.50 bits per heavy atom. The van der Waals surface area contributed by atoms with Crippen LogP contribution in [0.25, 0.3) is 0 Å². The number of nitrogens with zero attached hydrogens (tertiary/aromatic N) is 1. The Labute approximate surface area is 101 Å². The summed E-state index contributed by atoms with van der Waals surface area (Å²) >= 11 is 3.18. The lowest BCUT2D eigenvalue weighted by atomic mass is 10.1. The highest BCUT2D eigenvalue weighted by atomic mass is 79.9. The van der Waals surface area contributed by atoms with E-state index in [2.05, 4.69) is 21.2 Å². The molecule has 1 aromatic rings. The summed E-state index contributed by atoms with van der Waals surface area (Å²) in [4.78, 5) is 21.7. The number of carbonyl (C=O) groups excluding carboxylic acids is 1. The summed E-state index contributed by atoms with van der Waals surface area (Å²) in [6.45, 7) is 2.20. The zero-order chi connectivity index (χ0) is 12.1. The van der Waals surface area contributed by atoms with E-state index in [9.17, 15) is 14.9 Å². The van der Waals surface area contributed by atoms with Gasteiger partial charge in [-0.3, -0.25) is 14.9 Å². The molecule has 0 aliphatic rings. The Kier molecular flexibility index (Phi) is 4.42. The zero-order valence-electron chi connectivity index (χ0n) is 8.70. The van der Waals surface area contributed by atoms with Crippen LogP contribution in [0.4, 0.5) is 5.69 Å². The first-order valence-electron chi connectivity index (χ1n) is 4.65. The summed E-state index contributed by atoms with van der Waals surface area (Å²) in [6, 6.07) is 4.33. The Balaban J connectivity index is 2.95. The van der Waals surface area contributed by atoms with Crippen LogP contribution in [-0.2, 0) is 0 Å². The number of benzene rings is 1. The monoisotopic (exact) mass is 286 g/mol. The molecule has 1 amide bonds. The van der Waals surface area contributed by atoms with Crippen molar-refractivity contribution < 1.29 is 9.72 Å². The standard InChI is InChI=1S/C10H11BrN2O3/c1-7-4-8(10(14)12-3-2-11)6-9(5-7)13(15)16/h4-6H,2-3H2,1H3,(H,12,14). The topological polar surface area (TPSA) is 72.2 Å². The van der Waals surface area contributed by atoms with Crippen LogP contribution >= 0.6 is 15.9 Å². The van der Waals surface area contributed by atoms with E-state index in [0.29, 0.717) is 23.0 Å². The first-order chi connectivity index (χ1) is 7.54. The molecule has 0 bridgehead atoms. The molecule has 1 rings (SSSR count). The number of amides is 1. The molecule has 1 aromatic carbocycles. The number of hydrogen-bond acceptors (Lipinski definition) is 3. The largest absolute Gasteiger partial charge is 0.351 e. The van der Waals surface area contributed by atoms with Crippen molar-refractivity contribution in [2.24, 2.45) is 0 Å². The third-order valence-electron chi connectivity index (χ3n) is 1.92. The maximum atomic E-state index is 11.6. The molecule has 0 heterocycles. The van der Waals surface area contributed by atoms with E-state index >= 15 is 0 Å². The number of carbonyl (C=O) groups is 1. The highest BCUT2D eigenvalue weighted by molar-refractivity contribution is 9.09. The van der Waals surface area contributed by atoms with Gasteiger partial charge in [-0.2, -0.15) is 0 Å². The molecule has 5 nitrogen and oxygen atoms in total. The minimum absolute atomic E-state index is 0.0657. The number of rotatable bonds is 4. The Morgan fingerprint density at radius 3 is 2.75 bits per heavy atom. The number of aryl methyl sites for hydroxylation is 1. The maximum absolute atomic E-state index is 11.6. The lowest BCUT2D eigenvalue weighted by molar-refractivity contribution is -0.384. The molecular formula is C10H11BrN2O3. The van der Waals surface area contributed by atoms with E-state index < -0.39 is 4.92 Å². The molecule has 1 N–H and O–H groups in total. The second-order valence-electron chi connectivity index (χ2n) is 3.26. The van der Waals surface area contributed by atoms with Crippen molar-refractivity contribution in [2.45, 2.75) is 6.92 Å². The van der Waals surface area contributed by atoms with Gasteiger partial charge in [0.15, 0.2) is 0 Å². The lowest BCUT2D eigenvalue weighted by Gasteiger charge is -2.04. The molecule has 16 heavy (non-hydrogen) atoms. The molecule has 0 unspecified atom stereocenters. The van der Waals surface area contributed by atoms with Crippen LogP contribution < -0.4 is 5.32 Å². The molecule has 0 fully saturated rings. The predicted octanol–water partition coefficient (Wildman–Crippen LogP) is 2.03. The number of alkyl halides is 1. The van der Waals surface area contributed by atoms with E-state index in [0.717, 1.165) is 0 Å². The molecule has 0 radical (unpaired) electrons.